The van der Waals surface area contributed by atoms with Crippen molar-refractivity contribution in [2.24, 2.45) is 0 Å². The second kappa shape index (κ2) is 124. The van der Waals surface area contributed by atoms with Crippen LogP contribution in [-0.2, 0) is 16.5 Å². The van der Waals surface area contributed by atoms with Crippen molar-refractivity contribution in [1.82, 2.24) is 6.15 Å². The molecule has 0 aliphatic heterocycles. The number of rotatable bonds is 0. The van der Waals surface area contributed by atoms with Crippen LogP contribution in [0.4, 0.5) is 0 Å². The van der Waals surface area contributed by atoms with E-state index >= 15 is 0 Å². The molecule has 4 N–H and O–H groups in total. The van der Waals surface area contributed by atoms with Gasteiger partial charge in [0, 0.05) is 0 Å². The van der Waals surface area contributed by atoms with E-state index in [1.165, 1.54) is 0 Å². The topological polar surface area (TPSA) is 108 Å². The number of quaternary nitrogens is 1. The second-order valence-corrected chi connectivity index (χ2v) is 0. The monoisotopic (exact) mass is 154 g/mol. The van der Waals surface area contributed by atoms with E-state index < -0.39 is 0 Å². The Morgan fingerprint density at radius 3 is 0.625 bits per heavy atom. The molecule has 0 saturated heterocycles. The Morgan fingerprint density at radius 1 is 0.625 bits per heavy atom. The predicted octanol–water partition coefficient (Wildman–Crippen LogP) is 0.663. The van der Waals surface area contributed by atoms with Gasteiger partial charge in [0.2, 0.25) is 0 Å². The first-order valence-corrected chi connectivity index (χ1v) is 0.671. The first-order valence-electron chi connectivity index (χ1n) is 0.671. The molecule has 0 aromatic rings. The smallest absolute Gasteiger partial charge is 0.512 e. The molecule has 0 atom stereocenters. The van der Waals surface area contributed by atoms with Gasteiger partial charge in [0.15, 0.2) is 0 Å². The number of hydrogen-bond acceptors (Lipinski definition) is 3. The molecule has 0 amide bonds. The van der Waals surface area contributed by atoms with Crippen molar-refractivity contribution in [3.63, 3.8) is 0 Å². The molecular weight excluding hydrogens is 151 g/mol. The van der Waals surface area contributed by atoms with Crippen molar-refractivity contribution in [1.29, 1.82) is 15.8 Å². The third-order valence-electron chi connectivity index (χ3n) is 0. The van der Waals surface area contributed by atoms with E-state index in [1.807, 2.05) is 0 Å². The summed E-state index contributed by atoms with van der Waals surface area (Å²) in [4.78, 5) is 0. The summed E-state index contributed by atoms with van der Waals surface area (Å²) in [6.45, 7) is 14.2. The molecule has 8 heavy (non-hydrogen) atoms. The Hall–Kier alpha value is -1.08. The molecule has 0 unspecified atom stereocenters. The molecule has 4 nitrogen and oxygen atoms in total. The minimum Gasteiger partial charge on any atom is -0.512 e. The van der Waals surface area contributed by atoms with Crippen LogP contribution in [0.5, 0.6) is 0 Å². The van der Waals surface area contributed by atoms with Gasteiger partial charge in [-0.2, -0.15) is 0 Å². The standard InChI is InChI=1S/3CN.H3N.Ni/c3*1-2;;/h;;;1H3;/q3*-1;;+2/p+1. The van der Waals surface area contributed by atoms with Crippen LogP contribution in [0.2, 0.25) is 0 Å². The molecule has 0 bridgehead atoms. The van der Waals surface area contributed by atoms with Crippen LogP contribution in [0.1, 0.15) is 0 Å². The Bertz CT molecular complexity index is 39.8. The fourth-order valence-electron chi connectivity index (χ4n) is 0. The summed E-state index contributed by atoms with van der Waals surface area (Å²) in [6.07, 6.45) is 0. The van der Waals surface area contributed by atoms with Gasteiger partial charge in [-0.05, 0) is 0 Å². The average molecular weight is 155 g/mol. The van der Waals surface area contributed by atoms with E-state index in [-0.39, 0.29) is 22.6 Å². The van der Waals surface area contributed by atoms with Gasteiger partial charge in [-0.3, -0.25) is 0 Å². The molecule has 0 spiro atoms. The third kappa shape index (κ3) is 65.4. The molecular formula is C3H4N4Ni. The van der Waals surface area contributed by atoms with E-state index in [4.69, 9.17) is 35.5 Å². The summed E-state index contributed by atoms with van der Waals surface area (Å²) in [5, 5.41) is 18.8. The first-order chi connectivity index (χ1) is 3.00. The zero-order valence-corrected chi connectivity index (χ0v) is 5.15. The average Bonchev–Trinajstić information content (AvgIpc) is 1.81. The maximum absolute atomic E-state index is 6.25. The van der Waals surface area contributed by atoms with Crippen molar-refractivity contribution in [2.75, 3.05) is 0 Å². The predicted molar refractivity (Wildman–Crippen MR) is 20.9 cm³/mol. The zero-order chi connectivity index (χ0) is 6.00. The fraction of sp³-hybridized carbons (Fsp3) is 0. The van der Waals surface area contributed by atoms with Gasteiger partial charge in [0.25, 0.3) is 0 Å². The van der Waals surface area contributed by atoms with Gasteiger partial charge in [-0.15, -0.1) is 0 Å². The van der Waals surface area contributed by atoms with Gasteiger partial charge >= 0.3 is 16.5 Å². The van der Waals surface area contributed by atoms with E-state index in [1.54, 1.807) is 0 Å². The van der Waals surface area contributed by atoms with Crippen molar-refractivity contribution in [3.8, 4) is 0 Å². The maximum Gasteiger partial charge on any atom is 2.00 e. The summed E-state index contributed by atoms with van der Waals surface area (Å²) in [5.74, 6) is 0. The molecule has 0 aliphatic rings. The van der Waals surface area contributed by atoms with Gasteiger partial charge in [0.1, 0.15) is 0 Å². The summed E-state index contributed by atoms with van der Waals surface area (Å²) < 4.78 is 0. The minimum atomic E-state index is 0. The third-order valence-corrected chi connectivity index (χ3v) is 0. The molecule has 46 valence electrons. The summed E-state index contributed by atoms with van der Waals surface area (Å²) in [6, 6.07) is 0. The van der Waals surface area contributed by atoms with Gasteiger partial charge in [0.05, 0.1) is 0 Å². The molecule has 0 aromatic carbocycles. The molecule has 0 aromatic heterocycles. The van der Waals surface area contributed by atoms with Crippen LogP contribution in [0.3, 0.4) is 0 Å². The summed E-state index contributed by atoms with van der Waals surface area (Å²) in [5.41, 5.74) is 0. The molecule has 0 aliphatic carbocycles. The molecule has 0 heterocycles. The van der Waals surface area contributed by atoms with Crippen LogP contribution in [0.25, 0.3) is 0 Å². The van der Waals surface area contributed by atoms with Crippen LogP contribution >= 0.6 is 0 Å². The van der Waals surface area contributed by atoms with Crippen molar-refractivity contribution in [2.45, 2.75) is 0 Å². The Balaban J connectivity index is -0.00000000500. The van der Waals surface area contributed by atoms with Crippen LogP contribution < -0.4 is 6.15 Å². The van der Waals surface area contributed by atoms with Gasteiger partial charge in [-0.25, -0.2) is 0 Å². The van der Waals surface area contributed by atoms with Gasteiger partial charge in [-0.1, -0.05) is 0 Å². The molecule has 5 heteroatoms. The Labute approximate surface area is 58.8 Å². The normalized spacial score (nSPS) is 0.750. The van der Waals surface area contributed by atoms with E-state index in [0.29, 0.717) is 0 Å². The largest absolute Gasteiger partial charge is 2.00 e. The second-order valence-electron chi connectivity index (χ2n) is 0. The van der Waals surface area contributed by atoms with Crippen molar-refractivity contribution in [3.05, 3.63) is 19.7 Å². The summed E-state index contributed by atoms with van der Waals surface area (Å²) in [7, 11) is 0. The van der Waals surface area contributed by atoms with E-state index in [0.717, 1.165) is 0 Å². The molecule has 0 rings (SSSR count). The zero-order valence-electron chi connectivity index (χ0n) is 4.16. The van der Waals surface area contributed by atoms with Crippen LogP contribution in [0.15, 0.2) is 0 Å². The minimum absolute atomic E-state index is 0. The van der Waals surface area contributed by atoms with E-state index in [9.17, 15) is 0 Å². The Kier molecular flexibility index (Phi) is 1020. The van der Waals surface area contributed by atoms with Crippen LogP contribution in [0, 0.1) is 35.5 Å². The maximum atomic E-state index is 6.25. The SMILES string of the molecule is [C-]#N.[C-]#N.[C-]#N.[NH4+].[Ni+2]. The Morgan fingerprint density at radius 2 is 0.625 bits per heavy atom. The molecule has 0 saturated carbocycles. The quantitative estimate of drug-likeness (QED) is 0.409. The fourth-order valence-corrected chi connectivity index (χ4v) is 0. The van der Waals surface area contributed by atoms with E-state index in [2.05, 4.69) is 0 Å². The van der Waals surface area contributed by atoms with Crippen molar-refractivity contribution >= 4 is 0 Å². The first kappa shape index (κ1) is 65.7. The van der Waals surface area contributed by atoms with Crippen molar-refractivity contribution < 1.29 is 16.5 Å². The molecule has 0 fully saturated rings. The summed E-state index contributed by atoms with van der Waals surface area (Å²) >= 11 is 0. The van der Waals surface area contributed by atoms with Gasteiger partial charge < -0.3 is 41.7 Å². The number of nitrogens with zero attached hydrogens (tertiary/aromatic N) is 3. The molecule has 0 radical (unpaired) electrons. The van der Waals surface area contributed by atoms with Crippen LogP contribution in [-0.4, -0.2) is 0 Å². The number of hydrogen-bond donors (Lipinski definition) is 1.